The molecule has 0 aromatic heterocycles. The van der Waals surface area contributed by atoms with Gasteiger partial charge in [0.25, 0.3) is 5.91 Å². The van der Waals surface area contributed by atoms with Crippen LogP contribution in [0.1, 0.15) is 28.4 Å². The highest BCUT2D eigenvalue weighted by atomic mass is 35.5. The summed E-state index contributed by atoms with van der Waals surface area (Å²) in [5, 5.41) is 3.57. The van der Waals surface area contributed by atoms with Gasteiger partial charge in [0.15, 0.2) is 0 Å². The molecule has 2 aromatic rings. The van der Waals surface area contributed by atoms with Gasteiger partial charge in [0.1, 0.15) is 5.82 Å². The van der Waals surface area contributed by atoms with Crippen LogP contribution in [0.25, 0.3) is 0 Å². The smallest absolute Gasteiger partial charge is 0.251 e. The van der Waals surface area contributed by atoms with Crippen LogP contribution < -0.4 is 5.32 Å². The summed E-state index contributed by atoms with van der Waals surface area (Å²) in [5.74, 6) is 0.404. The molecule has 3 rings (SSSR count). The number of fused-ring (bicyclic) bond motifs is 1. The Morgan fingerprint density at radius 1 is 1.24 bits per heavy atom. The lowest BCUT2D eigenvalue weighted by atomic mass is 10.0. The molecule has 21 heavy (non-hydrogen) atoms. The Kier molecular flexibility index (Phi) is 4.17. The number of rotatable bonds is 2. The van der Waals surface area contributed by atoms with E-state index in [1.165, 1.54) is 17.8 Å². The second-order valence-electron chi connectivity index (χ2n) is 4.83. The second kappa shape index (κ2) is 6.08. The summed E-state index contributed by atoms with van der Waals surface area (Å²) in [4.78, 5) is 12.9. The average Bonchev–Trinajstić information content (AvgIpc) is 2.49. The molecule has 1 N–H and O–H groups in total. The Labute approximate surface area is 131 Å². The first-order chi connectivity index (χ1) is 10.1. The molecular formula is C16H13ClFNOS. The Balaban J connectivity index is 1.82. The summed E-state index contributed by atoms with van der Waals surface area (Å²) in [6, 6.07) is 11.6. The maximum absolute atomic E-state index is 13.8. The predicted octanol–water partition coefficient (Wildman–Crippen LogP) is 4.45. The molecule has 0 fully saturated rings. The van der Waals surface area contributed by atoms with Crippen LogP contribution >= 0.6 is 23.4 Å². The molecule has 1 heterocycles. The first-order valence-electron chi connectivity index (χ1n) is 6.63. The quantitative estimate of drug-likeness (QED) is 0.885. The highest BCUT2D eigenvalue weighted by molar-refractivity contribution is 7.99. The first kappa shape index (κ1) is 14.4. The number of halogens is 2. The average molecular weight is 322 g/mol. The van der Waals surface area contributed by atoms with Crippen LogP contribution in [0.5, 0.6) is 0 Å². The number of amides is 1. The lowest BCUT2D eigenvalue weighted by Crippen LogP contribution is -2.30. The maximum Gasteiger partial charge on any atom is 0.251 e. The van der Waals surface area contributed by atoms with Gasteiger partial charge in [-0.2, -0.15) is 0 Å². The van der Waals surface area contributed by atoms with Crippen molar-refractivity contribution in [2.75, 3.05) is 5.75 Å². The molecular weight excluding hydrogens is 309 g/mol. The summed E-state index contributed by atoms with van der Waals surface area (Å²) in [6.07, 6.45) is 0.792. The number of benzene rings is 2. The summed E-state index contributed by atoms with van der Waals surface area (Å²) in [6.45, 7) is 0. The van der Waals surface area contributed by atoms with Gasteiger partial charge in [-0.25, -0.2) is 4.39 Å². The van der Waals surface area contributed by atoms with Gasteiger partial charge >= 0.3 is 0 Å². The maximum atomic E-state index is 13.8. The van der Waals surface area contributed by atoms with Gasteiger partial charge in [-0.3, -0.25) is 4.79 Å². The van der Waals surface area contributed by atoms with E-state index in [0.717, 1.165) is 17.7 Å². The molecule has 5 heteroatoms. The summed E-state index contributed by atoms with van der Waals surface area (Å²) < 4.78 is 13.8. The number of thioether (sulfide) groups is 1. The Hall–Kier alpha value is -1.52. The van der Waals surface area contributed by atoms with Crippen molar-refractivity contribution in [1.29, 1.82) is 0 Å². The molecule has 1 aliphatic rings. The van der Waals surface area contributed by atoms with Crippen molar-refractivity contribution in [3.05, 3.63) is 64.4 Å². The second-order valence-corrected chi connectivity index (χ2v) is 6.37. The fourth-order valence-corrected chi connectivity index (χ4v) is 3.65. The van der Waals surface area contributed by atoms with Gasteiger partial charge < -0.3 is 5.32 Å². The molecule has 1 amide bonds. The van der Waals surface area contributed by atoms with Gasteiger partial charge in [-0.05, 0) is 42.3 Å². The van der Waals surface area contributed by atoms with Crippen LogP contribution in [-0.4, -0.2) is 11.7 Å². The van der Waals surface area contributed by atoms with Crippen molar-refractivity contribution in [3.8, 4) is 0 Å². The number of hydrogen-bond donors (Lipinski definition) is 1. The van der Waals surface area contributed by atoms with E-state index in [0.29, 0.717) is 15.5 Å². The number of carbonyl (C=O) groups is 1. The van der Waals surface area contributed by atoms with Gasteiger partial charge in [0, 0.05) is 21.2 Å². The summed E-state index contributed by atoms with van der Waals surface area (Å²) >= 11 is 7.32. The van der Waals surface area contributed by atoms with Crippen molar-refractivity contribution in [2.24, 2.45) is 0 Å². The lowest BCUT2D eigenvalue weighted by Gasteiger charge is -2.26. The Morgan fingerprint density at radius 3 is 2.76 bits per heavy atom. The fraction of sp³-hybridized carbons (Fsp3) is 0.188. The third kappa shape index (κ3) is 3.06. The Bertz CT molecular complexity index is 674. The predicted molar refractivity (Wildman–Crippen MR) is 83.4 cm³/mol. The van der Waals surface area contributed by atoms with Crippen LogP contribution in [0.2, 0.25) is 5.02 Å². The number of hydrogen-bond acceptors (Lipinski definition) is 2. The van der Waals surface area contributed by atoms with Crippen molar-refractivity contribution in [2.45, 2.75) is 17.4 Å². The SMILES string of the molecule is O=C(NC1CCSc2c(F)cccc21)c1ccc(Cl)cc1. The molecule has 0 saturated heterocycles. The van der Waals surface area contributed by atoms with Crippen LogP contribution in [0.15, 0.2) is 47.4 Å². The molecule has 2 aromatic carbocycles. The highest BCUT2D eigenvalue weighted by Gasteiger charge is 2.24. The molecule has 1 aliphatic heterocycles. The standard InChI is InChI=1S/C16H13ClFNOS/c17-11-6-4-10(5-7-11)16(20)19-14-8-9-21-15-12(14)2-1-3-13(15)18/h1-7,14H,8-9H2,(H,19,20). The minimum absolute atomic E-state index is 0.153. The van der Waals surface area contributed by atoms with Crippen molar-refractivity contribution in [3.63, 3.8) is 0 Å². The lowest BCUT2D eigenvalue weighted by molar-refractivity contribution is 0.0935. The third-order valence-electron chi connectivity index (χ3n) is 3.44. The Morgan fingerprint density at radius 2 is 2.00 bits per heavy atom. The zero-order valence-electron chi connectivity index (χ0n) is 11.1. The van der Waals surface area contributed by atoms with E-state index < -0.39 is 0 Å². The molecule has 2 nitrogen and oxygen atoms in total. The van der Waals surface area contributed by atoms with Crippen LogP contribution in [-0.2, 0) is 0 Å². The molecule has 0 radical (unpaired) electrons. The van der Waals surface area contributed by atoms with E-state index in [1.54, 1.807) is 30.3 Å². The van der Waals surface area contributed by atoms with Crippen LogP contribution in [0.3, 0.4) is 0 Å². The molecule has 0 bridgehead atoms. The molecule has 1 unspecified atom stereocenters. The highest BCUT2D eigenvalue weighted by Crippen LogP contribution is 2.37. The largest absolute Gasteiger partial charge is 0.345 e. The molecule has 1 atom stereocenters. The van der Waals surface area contributed by atoms with Gasteiger partial charge in [0.05, 0.1) is 6.04 Å². The molecule has 108 valence electrons. The molecule has 0 saturated carbocycles. The molecule has 0 aliphatic carbocycles. The zero-order chi connectivity index (χ0) is 14.8. The van der Waals surface area contributed by atoms with Crippen LogP contribution in [0, 0.1) is 5.82 Å². The number of carbonyl (C=O) groups excluding carboxylic acids is 1. The minimum Gasteiger partial charge on any atom is -0.345 e. The summed E-state index contributed by atoms with van der Waals surface area (Å²) in [5.41, 5.74) is 1.41. The van der Waals surface area contributed by atoms with Gasteiger partial charge in [-0.15, -0.1) is 11.8 Å². The zero-order valence-corrected chi connectivity index (χ0v) is 12.7. The monoisotopic (exact) mass is 321 g/mol. The normalized spacial score (nSPS) is 17.1. The van der Waals surface area contributed by atoms with E-state index in [4.69, 9.17) is 11.6 Å². The van der Waals surface area contributed by atoms with E-state index in [1.807, 2.05) is 6.07 Å². The van der Waals surface area contributed by atoms with E-state index >= 15 is 0 Å². The van der Waals surface area contributed by atoms with Crippen molar-refractivity contribution >= 4 is 29.3 Å². The fourth-order valence-electron chi connectivity index (χ4n) is 2.38. The van der Waals surface area contributed by atoms with E-state index in [9.17, 15) is 9.18 Å². The first-order valence-corrected chi connectivity index (χ1v) is 7.99. The summed E-state index contributed by atoms with van der Waals surface area (Å²) in [7, 11) is 0. The van der Waals surface area contributed by atoms with E-state index in [2.05, 4.69) is 5.32 Å². The van der Waals surface area contributed by atoms with Gasteiger partial charge in [-0.1, -0.05) is 23.7 Å². The van der Waals surface area contributed by atoms with Crippen LogP contribution in [0.4, 0.5) is 4.39 Å². The van der Waals surface area contributed by atoms with Gasteiger partial charge in [0.2, 0.25) is 0 Å². The van der Waals surface area contributed by atoms with E-state index in [-0.39, 0.29) is 17.8 Å². The minimum atomic E-state index is -0.219. The number of nitrogens with one attached hydrogen (secondary N) is 1. The molecule has 0 spiro atoms. The van der Waals surface area contributed by atoms with Crippen molar-refractivity contribution < 1.29 is 9.18 Å². The van der Waals surface area contributed by atoms with Crippen molar-refractivity contribution in [1.82, 2.24) is 5.32 Å². The third-order valence-corrected chi connectivity index (χ3v) is 4.85. The topological polar surface area (TPSA) is 29.1 Å².